The zero-order valence-electron chi connectivity index (χ0n) is 11.6. The number of hydrogen-bond donors (Lipinski definition) is 1. The molecule has 0 amide bonds. The quantitative estimate of drug-likeness (QED) is 0.906. The van der Waals surface area contributed by atoms with Crippen LogP contribution in [0.25, 0.3) is 0 Å². The van der Waals surface area contributed by atoms with Crippen molar-refractivity contribution in [3.8, 4) is 5.75 Å². The van der Waals surface area contributed by atoms with E-state index < -0.39 is 11.7 Å². The molecule has 21 heavy (non-hydrogen) atoms. The number of rotatable bonds is 5. The normalized spacial score (nSPS) is 11.5. The third-order valence-electron chi connectivity index (χ3n) is 2.74. The van der Waals surface area contributed by atoms with Gasteiger partial charge in [0.2, 0.25) is 0 Å². The molecule has 7 heteroatoms. The van der Waals surface area contributed by atoms with Gasteiger partial charge in [-0.2, -0.15) is 13.2 Å². The minimum atomic E-state index is -4.46. The van der Waals surface area contributed by atoms with Crippen LogP contribution < -0.4 is 10.1 Å². The molecule has 0 saturated heterocycles. The van der Waals surface area contributed by atoms with E-state index in [1.165, 1.54) is 12.1 Å². The molecule has 0 aliphatic carbocycles. The van der Waals surface area contributed by atoms with E-state index in [0.717, 1.165) is 6.07 Å². The Labute approximate surface area is 119 Å². The second-order valence-corrected chi connectivity index (χ2v) is 4.42. The maximum absolute atomic E-state index is 13.1. The zero-order valence-corrected chi connectivity index (χ0v) is 11.6. The van der Waals surface area contributed by atoms with E-state index in [1.807, 2.05) is 0 Å². The number of nitrogens with one attached hydrogen (secondary N) is 1. The van der Waals surface area contributed by atoms with Gasteiger partial charge in [0.1, 0.15) is 17.2 Å². The lowest BCUT2D eigenvalue weighted by molar-refractivity contribution is -0.137. The van der Waals surface area contributed by atoms with Crippen LogP contribution in [0.1, 0.15) is 23.9 Å². The van der Waals surface area contributed by atoms with Crippen LogP contribution in [0.15, 0.2) is 28.8 Å². The smallest absolute Gasteiger partial charge is 0.418 e. The molecule has 0 radical (unpaired) electrons. The summed E-state index contributed by atoms with van der Waals surface area (Å²) in [7, 11) is 0. The Morgan fingerprint density at radius 1 is 1.29 bits per heavy atom. The molecule has 2 aromatic rings. The molecule has 0 aliphatic heterocycles. The Morgan fingerprint density at radius 3 is 2.62 bits per heavy atom. The first kappa shape index (κ1) is 15.2. The van der Waals surface area contributed by atoms with Gasteiger partial charge in [0.05, 0.1) is 18.7 Å². The number of aryl methyl sites for hydroxylation is 1. The number of hydrogen-bond acceptors (Lipinski definition) is 4. The van der Waals surface area contributed by atoms with E-state index in [9.17, 15) is 13.2 Å². The Hall–Kier alpha value is -2.18. The second kappa shape index (κ2) is 6.07. The summed E-state index contributed by atoms with van der Waals surface area (Å²) in [6.45, 7) is 3.89. The fourth-order valence-electron chi connectivity index (χ4n) is 1.86. The SMILES string of the molecule is CCOc1ccc(NCc2cc(C)on2)c(C(F)(F)F)c1. The van der Waals surface area contributed by atoms with Crippen LogP contribution in [0.3, 0.4) is 0 Å². The van der Waals surface area contributed by atoms with Crippen LogP contribution >= 0.6 is 0 Å². The summed E-state index contributed by atoms with van der Waals surface area (Å²) < 4.78 is 49.2. The molecule has 2 rings (SSSR count). The molecular weight excluding hydrogens is 285 g/mol. The maximum Gasteiger partial charge on any atom is 0.418 e. The Morgan fingerprint density at radius 2 is 2.05 bits per heavy atom. The van der Waals surface area contributed by atoms with Gasteiger partial charge < -0.3 is 14.6 Å². The molecule has 0 saturated carbocycles. The molecule has 0 fully saturated rings. The highest BCUT2D eigenvalue weighted by atomic mass is 19.4. The van der Waals surface area contributed by atoms with Gasteiger partial charge >= 0.3 is 6.18 Å². The Kier molecular flexibility index (Phi) is 4.40. The molecule has 0 bridgehead atoms. The van der Waals surface area contributed by atoms with E-state index >= 15 is 0 Å². The first-order valence-corrected chi connectivity index (χ1v) is 6.40. The monoisotopic (exact) mass is 300 g/mol. The van der Waals surface area contributed by atoms with Crippen LogP contribution in [0.5, 0.6) is 5.75 Å². The van der Waals surface area contributed by atoms with Gasteiger partial charge in [0, 0.05) is 11.8 Å². The van der Waals surface area contributed by atoms with E-state index in [4.69, 9.17) is 9.26 Å². The molecule has 114 valence electrons. The minimum absolute atomic E-state index is 0.0217. The van der Waals surface area contributed by atoms with Crippen molar-refractivity contribution in [2.45, 2.75) is 26.6 Å². The fourth-order valence-corrected chi connectivity index (χ4v) is 1.86. The second-order valence-electron chi connectivity index (χ2n) is 4.42. The standard InChI is InChI=1S/C14H15F3N2O2/c1-3-20-11-4-5-13(12(7-11)14(15,16)17)18-8-10-6-9(2)21-19-10/h4-7,18H,3,8H2,1-2H3. The molecule has 1 N–H and O–H groups in total. The first-order valence-electron chi connectivity index (χ1n) is 6.40. The van der Waals surface area contributed by atoms with Crippen molar-refractivity contribution in [2.75, 3.05) is 11.9 Å². The van der Waals surface area contributed by atoms with E-state index in [0.29, 0.717) is 18.1 Å². The van der Waals surface area contributed by atoms with Crippen molar-refractivity contribution in [1.82, 2.24) is 5.16 Å². The van der Waals surface area contributed by atoms with Gasteiger partial charge in [-0.1, -0.05) is 5.16 Å². The molecule has 0 atom stereocenters. The number of halogens is 3. The van der Waals surface area contributed by atoms with Crippen molar-refractivity contribution in [3.63, 3.8) is 0 Å². The van der Waals surface area contributed by atoms with Crippen molar-refractivity contribution in [2.24, 2.45) is 0 Å². The molecular formula is C14H15F3N2O2. The average molecular weight is 300 g/mol. The summed E-state index contributed by atoms with van der Waals surface area (Å²) >= 11 is 0. The third kappa shape index (κ3) is 3.90. The summed E-state index contributed by atoms with van der Waals surface area (Å²) in [5.74, 6) is 0.794. The van der Waals surface area contributed by atoms with E-state index in [2.05, 4.69) is 10.5 Å². The van der Waals surface area contributed by atoms with Crippen molar-refractivity contribution >= 4 is 5.69 Å². The summed E-state index contributed by atoms with van der Waals surface area (Å²) in [5, 5.41) is 6.45. The minimum Gasteiger partial charge on any atom is -0.494 e. The summed E-state index contributed by atoms with van der Waals surface area (Å²) in [6.07, 6.45) is -4.46. The third-order valence-corrected chi connectivity index (χ3v) is 2.74. The molecule has 0 unspecified atom stereocenters. The molecule has 1 heterocycles. The van der Waals surface area contributed by atoms with Gasteiger partial charge in [0.25, 0.3) is 0 Å². The van der Waals surface area contributed by atoms with Crippen LogP contribution in [0.4, 0.5) is 18.9 Å². The largest absolute Gasteiger partial charge is 0.494 e. The van der Waals surface area contributed by atoms with Crippen LogP contribution in [-0.4, -0.2) is 11.8 Å². The first-order chi connectivity index (χ1) is 9.90. The lowest BCUT2D eigenvalue weighted by Crippen LogP contribution is -2.11. The average Bonchev–Trinajstić information content (AvgIpc) is 2.82. The number of nitrogens with zero attached hydrogens (tertiary/aromatic N) is 1. The highest BCUT2D eigenvalue weighted by Gasteiger charge is 2.34. The number of anilines is 1. The molecule has 4 nitrogen and oxygen atoms in total. The molecule has 0 spiro atoms. The van der Waals surface area contributed by atoms with Gasteiger partial charge in [-0.25, -0.2) is 0 Å². The van der Waals surface area contributed by atoms with Crippen molar-refractivity contribution in [1.29, 1.82) is 0 Å². The topological polar surface area (TPSA) is 47.3 Å². The van der Waals surface area contributed by atoms with E-state index in [1.54, 1.807) is 19.9 Å². The lowest BCUT2D eigenvalue weighted by atomic mass is 10.1. The lowest BCUT2D eigenvalue weighted by Gasteiger charge is -2.15. The number of ether oxygens (including phenoxy) is 1. The number of aromatic nitrogens is 1. The highest BCUT2D eigenvalue weighted by Crippen LogP contribution is 2.37. The molecule has 0 aliphatic rings. The summed E-state index contributed by atoms with van der Waals surface area (Å²) in [4.78, 5) is 0. The predicted octanol–water partition coefficient (Wildman–Crippen LogP) is 4.01. The van der Waals surface area contributed by atoms with Crippen molar-refractivity contribution < 1.29 is 22.4 Å². The fraction of sp³-hybridized carbons (Fsp3) is 0.357. The highest BCUT2D eigenvalue weighted by molar-refractivity contribution is 5.55. The maximum atomic E-state index is 13.1. The van der Waals surface area contributed by atoms with Gasteiger partial charge in [-0.15, -0.1) is 0 Å². The van der Waals surface area contributed by atoms with E-state index in [-0.39, 0.29) is 18.0 Å². The molecule has 1 aromatic carbocycles. The van der Waals surface area contributed by atoms with Crippen molar-refractivity contribution in [3.05, 3.63) is 41.3 Å². The van der Waals surface area contributed by atoms with Gasteiger partial charge in [-0.3, -0.25) is 0 Å². The van der Waals surface area contributed by atoms with Crippen LogP contribution in [0.2, 0.25) is 0 Å². The van der Waals surface area contributed by atoms with Crippen LogP contribution in [0, 0.1) is 6.92 Å². The van der Waals surface area contributed by atoms with Gasteiger partial charge in [0.15, 0.2) is 0 Å². The zero-order chi connectivity index (χ0) is 15.5. The van der Waals surface area contributed by atoms with Gasteiger partial charge in [-0.05, 0) is 32.0 Å². The predicted molar refractivity (Wildman–Crippen MR) is 71.2 cm³/mol. The summed E-state index contributed by atoms with van der Waals surface area (Å²) in [6, 6.07) is 5.49. The number of alkyl halides is 3. The summed E-state index contributed by atoms with van der Waals surface area (Å²) in [5.41, 5.74) is -0.255. The van der Waals surface area contributed by atoms with Crippen LogP contribution in [-0.2, 0) is 12.7 Å². The Bertz CT molecular complexity index is 609. The number of benzene rings is 1. The molecule has 1 aromatic heterocycles. The Balaban J connectivity index is 2.21.